The predicted octanol–water partition coefficient (Wildman–Crippen LogP) is 2.47. The van der Waals surface area contributed by atoms with Crippen LogP contribution in [0.15, 0.2) is 29.2 Å². The van der Waals surface area contributed by atoms with E-state index >= 15 is 0 Å². The summed E-state index contributed by atoms with van der Waals surface area (Å²) >= 11 is 0. The van der Waals surface area contributed by atoms with E-state index in [1.54, 1.807) is 24.3 Å². The minimum Gasteiger partial charge on any atom is -0.352 e. The molecule has 0 bridgehead atoms. The van der Waals surface area contributed by atoms with E-state index in [1.807, 2.05) is 0 Å². The van der Waals surface area contributed by atoms with Crippen LogP contribution in [0.5, 0.6) is 0 Å². The van der Waals surface area contributed by atoms with Gasteiger partial charge in [0.05, 0.1) is 4.90 Å². The summed E-state index contributed by atoms with van der Waals surface area (Å²) in [6.07, 6.45) is 7.98. The number of likely N-dealkylation sites (tertiary alicyclic amines) is 1. The standard InChI is InChI=1S/C20H31N3O3S/c24-20(21-12-7-15-22-13-3-1-2-4-14-22)18-8-10-19(11-9-18)27(25,26)23-16-5-6-17-23/h8-11H,1-7,12-17H2,(H,21,24). The lowest BCUT2D eigenvalue weighted by Gasteiger charge is -2.19. The zero-order valence-electron chi connectivity index (χ0n) is 16.0. The Hall–Kier alpha value is -1.44. The van der Waals surface area contributed by atoms with Crippen molar-refractivity contribution in [3.05, 3.63) is 29.8 Å². The fourth-order valence-corrected chi connectivity index (χ4v) is 5.34. The van der Waals surface area contributed by atoms with Gasteiger partial charge in [-0.05, 0) is 76.0 Å². The number of carbonyl (C=O) groups is 1. The van der Waals surface area contributed by atoms with Crippen molar-refractivity contribution < 1.29 is 13.2 Å². The van der Waals surface area contributed by atoms with Crippen molar-refractivity contribution in [1.29, 1.82) is 0 Å². The average Bonchev–Trinajstić information content (AvgIpc) is 3.11. The molecule has 2 heterocycles. The van der Waals surface area contributed by atoms with Crippen molar-refractivity contribution in [3.8, 4) is 0 Å². The van der Waals surface area contributed by atoms with Gasteiger partial charge in [-0.1, -0.05) is 12.8 Å². The molecule has 2 aliphatic heterocycles. The molecule has 2 fully saturated rings. The molecule has 1 amide bonds. The van der Waals surface area contributed by atoms with Gasteiger partial charge >= 0.3 is 0 Å². The molecule has 0 spiro atoms. The third kappa shape index (κ3) is 5.53. The van der Waals surface area contributed by atoms with Crippen LogP contribution in [-0.4, -0.2) is 62.8 Å². The van der Waals surface area contributed by atoms with E-state index in [4.69, 9.17) is 0 Å². The maximum absolute atomic E-state index is 12.5. The second kappa shape index (κ2) is 9.66. The van der Waals surface area contributed by atoms with Gasteiger partial charge in [0.15, 0.2) is 0 Å². The third-order valence-corrected chi connectivity index (χ3v) is 7.37. The molecule has 0 atom stereocenters. The molecule has 1 N–H and O–H groups in total. The van der Waals surface area contributed by atoms with Crippen LogP contribution in [0.3, 0.4) is 0 Å². The van der Waals surface area contributed by atoms with Gasteiger partial charge in [-0.15, -0.1) is 0 Å². The van der Waals surface area contributed by atoms with Crippen molar-refractivity contribution in [3.63, 3.8) is 0 Å². The van der Waals surface area contributed by atoms with Gasteiger partial charge in [-0.25, -0.2) is 8.42 Å². The Morgan fingerprint density at radius 2 is 1.48 bits per heavy atom. The molecule has 0 unspecified atom stereocenters. The van der Waals surface area contributed by atoms with Gasteiger partial charge in [-0.3, -0.25) is 4.79 Å². The van der Waals surface area contributed by atoms with Crippen LogP contribution in [-0.2, 0) is 10.0 Å². The van der Waals surface area contributed by atoms with Crippen molar-refractivity contribution in [2.75, 3.05) is 39.3 Å². The van der Waals surface area contributed by atoms with E-state index in [0.717, 1.165) is 25.8 Å². The van der Waals surface area contributed by atoms with Crippen molar-refractivity contribution in [2.45, 2.75) is 49.8 Å². The minimum absolute atomic E-state index is 0.143. The molecule has 2 saturated heterocycles. The molecule has 0 aliphatic carbocycles. The number of sulfonamides is 1. The quantitative estimate of drug-likeness (QED) is 0.723. The first kappa shape index (κ1) is 20.3. The summed E-state index contributed by atoms with van der Waals surface area (Å²) in [5.74, 6) is -0.143. The van der Waals surface area contributed by atoms with E-state index in [0.29, 0.717) is 25.2 Å². The lowest BCUT2D eigenvalue weighted by atomic mass is 10.2. The molecule has 27 heavy (non-hydrogen) atoms. The summed E-state index contributed by atoms with van der Waals surface area (Å²) in [7, 11) is -3.42. The number of nitrogens with zero attached hydrogens (tertiary/aromatic N) is 2. The first-order valence-corrected chi connectivity index (χ1v) is 11.6. The highest BCUT2D eigenvalue weighted by atomic mass is 32.2. The zero-order valence-corrected chi connectivity index (χ0v) is 16.8. The van der Waals surface area contributed by atoms with Crippen LogP contribution < -0.4 is 5.32 Å². The fraction of sp³-hybridized carbons (Fsp3) is 0.650. The molecule has 0 aromatic heterocycles. The number of carbonyl (C=O) groups excluding carboxylic acids is 1. The third-order valence-electron chi connectivity index (χ3n) is 5.45. The number of hydrogen-bond acceptors (Lipinski definition) is 4. The number of amides is 1. The molecule has 7 heteroatoms. The summed E-state index contributed by atoms with van der Waals surface area (Å²) < 4.78 is 26.6. The van der Waals surface area contributed by atoms with Crippen LogP contribution in [0.1, 0.15) is 55.3 Å². The topological polar surface area (TPSA) is 69.7 Å². The molecule has 6 nitrogen and oxygen atoms in total. The average molecular weight is 394 g/mol. The Bertz CT molecular complexity index is 704. The molecular formula is C20H31N3O3S. The summed E-state index contributed by atoms with van der Waals surface area (Å²) in [5.41, 5.74) is 0.505. The smallest absolute Gasteiger partial charge is 0.251 e. The van der Waals surface area contributed by atoms with Crippen molar-refractivity contribution in [2.24, 2.45) is 0 Å². The maximum Gasteiger partial charge on any atom is 0.251 e. The summed E-state index contributed by atoms with van der Waals surface area (Å²) in [6.45, 7) is 5.17. The Morgan fingerprint density at radius 3 is 2.11 bits per heavy atom. The SMILES string of the molecule is O=C(NCCCN1CCCCCC1)c1ccc(S(=O)(=O)N2CCCC2)cc1. The lowest BCUT2D eigenvalue weighted by Crippen LogP contribution is -2.30. The Balaban J connectivity index is 1.46. The van der Waals surface area contributed by atoms with Gasteiger partial charge in [0.2, 0.25) is 10.0 Å². The van der Waals surface area contributed by atoms with E-state index in [9.17, 15) is 13.2 Å². The minimum atomic E-state index is -3.42. The first-order chi connectivity index (χ1) is 13.1. The second-order valence-corrected chi connectivity index (χ2v) is 9.44. The van der Waals surface area contributed by atoms with Gasteiger partial charge in [0, 0.05) is 25.2 Å². The van der Waals surface area contributed by atoms with Gasteiger partial charge in [-0.2, -0.15) is 4.31 Å². The number of nitrogens with one attached hydrogen (secondary N) is 1. The van der Waals surface area contributed by atoms with Crippen LogP contribution >= 0.6 is 0 Å². The maximum atomic E-state index is 12.5. The summed E-state index contributed by atoms with van der Waals surface area (Å²) in [5, 5.41) is 2.94. The van der Waals surface area contributed by atoms with Gasteiger partial charge < -0.3 is 10.2 Å². The highest BCUT2D eigenvalue weighted by molar-refractivity contribution is 7.89. The van der Waals surface area contributed by atoms with Crippen LogP contribution in [0, 0.1) is 0 Å². The highest BCUT2D eigenvalue weighted by Crippen LogP contribution is 2.21. The van der Waals surface area contributed by atoms with E-state index in [1.165, 1.54) is 43.1 Å². The highest BCUT2D eigenvalue weighted by Gasteiger charge is 2.27. The monoisotopic (exact) mass is 393 g/mol. The van der Waals surface area contributed by atoms with Crippen LogP contribution in [0.25, 0.3) is 0 Å². The Kier molecular flexibility index (Phi) is 7.26. The first-order valence-electron chi connectivity index (χ1n) is 10.2. The number of benzene rings is 1. The molecule has 2 aliphatic rings. The van der Waals surface area contributed by atoms with Crippen LogP contribution in [0.4, 0.5) is 0 Å². The van der Waals surface area contributed by atoms with E-state index < -0.39 is 10.0 Å². The summed E-state index contributed by atoms with van der Waals surface area (Å²) in [4.78, 5) is 15.0. The normalized spacial score (nSPS) is 19.7. The van der Waals surface area contributed by atoms with Crippen molar-refractivity contribution >= 4 is 15.9 Å². The number of rotatable bonds is 7. The Labute approximate surface area is 163 Å². The Morgan fingerprint density at radius 1 is 0.889 bits per heavy atom. The molecule has 3 rings (SSSR count). The van der Waals surface area contributed by atoms with E-state index in [-0.39, 0.29) is 10.8 Å². The largest absolute Gasteiger partial charge is 0.352 e. The zero-order chi connectivity index (χ0) is 19.1. The molecule has 0 radical (unpaired) electrons. The molecule has 0 saturated carbocycles. The second-order valence-electron chi connectivity index (χ2n) is 7.50. The molecule has 1 aromatic rings. The van der Waals surface area contributed by atoms with Gasteiger partial charge in [0.1, 0.15) is 0 Å². The lowest BCUT2D eigenvalue weighted by molar-refractivity contribution is 0.0951. The fourth-order valence-electron chi connectivity index (χ4n) is 3.82. The molecule has 150 valence electrons. The molecule has 1 aromatic carbocycles. The summed E-state index contributed by atoms with van der Waals surface area (Å²) in [6, 6.07) is 6.29. The molecular weight excluding hydrogens is 362 g/mol. The van der Waals surface area contributed by atoms with Gasteiger partial charge in [0.25, 0.3) is 5.91 Å². The van der Waals surface area contributed by atoms with Crippen LogP contribution in [0.2, 0.25) is 0 Å². The number of hydrogen-bond donors (Lipinski definition) is 1. The van der Waals surface area contributed by atoms with E-state index in [2.05, 4.69) is 10.2 Å². The predicted molar refractivity (Wildman–Crippen MR) is 106 cm³/mol. The van der Waals surface area contributed by atoms with Crippen molar-refractivity contribution in [1.82, 2.24) is 14.5 Å².